The van der Waals surface area contributed by atoms with Crippen molar-refractivity contribution in [3.63, 3.8) is 0 Å². The van der Waals surface area contributed by atoms with Crippen molar-refractivity contribution in [2.75, 3.05) is 0 Å². The van der Waals surface area contributed by atoms with E-state index in [4.69, 9.17) is 23.2 Å². The highest BCUT2D eigenvalue weighted by Crippen LogP contribution is 2.35. The van der Waals surface area contributed by atoms with Gasteiger partial charge in [0, 0.05) is 11.5 Å². The fourth-order valence-electron chi connectivity index (χ4n) is 2.04. The third-order valence-corrected chi connectivity index (χ3v) is 3.30. The zero-order chi connectivity index (χ0) is 12.0. The molecule has 1 aliphatic carbocycles. The molecule has 1 fully saturated rings. The van der Waals surface area contributed by atoms with Crippen LogP contribution in [0.5, 0.6) is 0 Å². The van der Waals surface area contributed by atoms with Gasteiger partial charge in [0.15, 0.2) is 0 Å². The van der Waals surface area contributed by atoms with E-state index in [2.05, 4.69) is 10.6 Å². The van der Waals surface area contributed by atoms with E-state index in [1.165, 1.54) is 6.92 Å². The zero-order valence-corrected chi connectivity index (χ0v) is 10.2. The van der Waals surface area contributed by atoms with Crippen molar-refractivity contribution in [1.82, 2.24) is 10.6 Å². The number of aliphatic hydroxyl groups is 1. The number of carbonyl (C=O) groups is 1. The molecule has 0 aromatic rings. The number of hydrogen-bond donors (Lipinski definition) is 3. The van der Waals surface area contributed by atoms with Gasteiger partial charge < -0.3 is 10.4 Å². The summed E-state index contributed by atoms with van der Waals surface area (Å²) in [4.78, 5) is 11.5. The molecule has 16 heavy (non-hydrogen) atoms. The monoisotopic (exact) mass is 262 g/mol. The molecule has 1 amide bonds. The van der Waals surface area contributed by atoms with Gasteiger partial charge in [-0.2, -0.15) is 0 Å². The number of rotatable bonds is 0. The lowest BCUT2D eigenvalue weighted by Gasteiger charge is -2.46. The van der Waals surface area contributed by atoms with Gasteiger partial charge in [0.05, 0.1) is 11.5 Å². The van der Waals surface area contributed by atoms with E-state index >= 15 is 0 Å². The second-order valence-corrected chi connectivity index (χ2v) is 5.23. The summed E-state index contributed by atoms with van der Waals surface area (Å²) in [6.45, 7) is 1.53. The second kappa shape index (κ2) is 3.74. The molecule has 4 nitrogen and oxygen atoms in total. The highest BCUT2D eigenvalue weighted by molar-refractivity contribution is 6.33. The lowest BCUT2D eigenvalue weighted by atomic mass is 9.93. The van der Waals surface area contributed by atoms with Crippen LogP contribution in [0.15, 0.2) is 22.2 Å². The summed E-state index contributed by atoms with van der Waals surface area (Å²) in [6.07, 6.45) is 3.60. The largest absolute Gasteiger partial charge is 0.376 e. The Bertz CT molecular complexity index is 400. The Morgan fingerprint density at radius 2 is 2.06 bits per heavy atom. The zero-order valence-electron chi connectivity index (χ0n) is 8.68. The molecule has 2 aliphatic rings. The van der Waals surface area contributed by atoms with Gasteiger partial charge in [-0.3, -0.25) is 10.1 Å². The maximum Gasteiger partial charge on any atom is 0.226 e. The molecule has 1 saturated heterocycles. The third kappa shape index (κ3) is 2.11. The molecule has 6 heteroatoms. The van der Waals surface area contributed by atoms with Crippen molar-refractivity contribution >= 4 is 29.1 Å². The standard InChI is InChI=1S/C10H12Cl2N2O2/c1-9(16)5-8(15)13-10(14-9)4-6(11)2-3-7(10)12/h2-3,14,16H,4-5H2,1H3,(H,13,15)/t9-,10-/m0/s1. The summed E-state index contributed by atoms with van der Waals surface area (Å²) < 4.78 is 0. The van der Waals surface area contributed by atoms with Crippen molar-refractivity contribution < 1.29 is 9.90 Å². The minimum atomic E-state index is -1.29. The third-order valence-electron chi connectivity index (χ3n) is 2.59. The van der Waals surface area contributed by atoms with Crippen LogP contribution in [0.25, 0.3) is 0 Å². The van der Waals surface area contributed by atoms with Crippen LogP contribution in [0.1, 0.15) is 19.8 Å². The van der Waals surface area contributed by atoms with E-state index in [-0.39, 0.29) is 12.3 Å². The molecular formula is C10H12Cl2N2O2. The molecule has 1 aliphatic heterocycles. The van der Waals surface area contributed by atoms with E-state index in [1.807, 2.05) is 0 Å². The quantitative estimate of drug-likeness (QED) is 0.614. The molecule has 1 spiro atoms. The molecule has 3 N–H and O–H groups in total. The van der Waals surface area contributed by atoms with E-state index in [1.54, 1.807) is 12.2 Å². The summed E-state index contributed by atoms with van der Waals surface area (Å²) in [6, 6.07) is 0. The molecule has 2 rings (SSSR count). The first kappa shape index (κ1) is 11.9. The number of nitrogens with one attached hydrogen (secondary N) is 2. The van der Waals surface area contributed by atoms with Gasteiger partial charge in [-0.1, -0.05) is 23.2 Å². The van der Waals surface area contributed by atoms with E-state index in [0.717, 1.165) is 0 Å². The van der Waals surface area contributed by atoms with Crippen LogP contribution in [0.2, 0.25) is 0 Å². The predicted molar refractivity (Wildman–Crippen MR) is 61.7 cm³/mol. The van der Waals surface area contributed by atoms with E-state index in [0.29, 0.717) is 16.5 Å². The molecule has 0 saturated carbocycles. The first-order valence-electron chi connectivity index (χ1n) is 4.88. The topological polar surface area (TPSA) is 61.4 Å². The minimum Gasteiger partial charge on any atom is -0.376 e. The van der Waals surface area contributed by atoms with Crippen LogP contribution in [0.3, 0.4) is 0 Å². The summed E-state index contributed by atoms with van der Waals surface area (Å²) >= 11 is 12.0. The van der Waals surface area contributed by atoms with Crippen molar-refractivity contribution in [2.24, 2.45) is 0 Å². The molecule has 88 valence electrons. The van der Waals surface area contributed by atoms with Crippen LogP contribution in [0.4, 0.5) is 0 Å². The molecule has 0 bridgehead atoms. The van der Waals surface area contributed by atoms with Gasteiger partial charge in [0.2, 0.25) is 5.91 Å². The normalized spacial score (nSPS) is 39.1. The number of hydrogen-bond acceptors (Lipinski definition) is 3. The Balaban J connectivity index is 2.35. The first-order valence-corrected chi connectivity index (χ1v) is 5.64. The molecule has 1 heterocycles. The van der Waals surface area contributed by atoms with Crippen LogP contribution < -0.4 is 10.6 Å². The number of halogens is 2. The maximum atomic E-state index is 11.5. The molecule has 0 aromatic heterocycles. The lowest BCUT2D eigenvalue weighted by Crippen LogP contribution is -2.71. The van der Waals surface area contributed by atoms with Crippen LogP contribution in [-0.2, 0) is 4.79 Å². The summed E-state index contributed by atoms with van der Waals surface area (Å²) in [7, 11) is 0. The maximum absolute atomic E-state index is 11.5. The average Bonchev–Trinajstić information content (AvgIpc) is 2.08. The van der Waals surface area contributed by atoms with Crippen LogP contribution in [-0.4, -0.2) is 22.4 Å². The summed E-state index contributed by atoms with van der Waals surface area (Å²) in [5, 5.41) is 16.6. The summed E-state index contributed by atoms with van der Waals surface area (Å²) in [5.41, 5.74) is -2.27. The number of carbonyl (C=O) groups excluding carboxylic acids is 1. The molecule has 0 unspecified atom stereocenters. The SMILES string of the molecule is C[C@]1(O)CC(=O)N[C@@]2(CC(Cl)=CC=C2Cl)N1. The van der Waals surface area contributed by atoms with E-state index < -0.39 is 11.4 Å². The van der Waals surface area contributed by atoms with Gasteiger partial charge in [-0.25, -0.2) is 0 Å². The van der Waals surface area contributed by atoms with Gasteiger partial charge in [0.25, 0.3) is 0 Å². The Labute approximate surface area is 103 Å². The highest BCUT2D eigenvalue weighted by Gasteiger charge is 2.47. The van der Waals surface area contributed by atoms with E-state index in [9.17, 15) is 9.90 Å². The Kier molecular flexibility index (Phi) is 2.78. The van der Waals surface area contributed by atoms with Crippen molar-refractivity contribution in [2.45, 2.75) is 31.2 Å². The molecule has 2 atom stereocenters. The fraction of sp³-hybridized carbons (Fsp3) is 0.500. The molecule has 0 radical (unpaired) electrons. The van der Waals surface area contributed by atoms with Crippen molar-refractivity contribution in [1.29, 1.82) is 0 Å². The first-order chi connectivity index (χ1) is 7.33. The highest BCUT2D eigenvalue weighted by atomic mass is 35.5. The Morgan fingerprint density at radius 1 is 1.38 bits per heavy atom. The minimum absolute atomic E-state index is 0.0136. The number of amides is 1. The van der Waals surface area contributed by atoms with Gasteiger partial charge in [-0.05, 0) is 19.1 Å². The smallest absolute Gasteiger partial charge is 0.226 e. The van der Waals surface area contributed by atoms with Crippen molar-refractivity contribution in [3.05, 3.63) is 22.2 Å². The lowest BCUT2D eigenvalue weighted by molar-refractivity contribution is -0.137. The van der Waals surface area contributed by atoms with Gasteiger partial charge >= 0.3 is 0 Å². The van der Waals surface area contributed by atoms with Crippen LogP contribution in [0, 0.1) is 0 Å². The van der Waals surface area contributed by atoms with Gasteiger partial charge in [-0.15, -0.1) is 0 Å². The van der Waals surface area contributed by atoms with Crippen molar-refractivity contribution in [3.8, 4) is 0 Å². The summed E-state index contributed by atoms with van der Waals surface area (Å²) in [5.74, 6) is -0.262. The Hall–Kier alpha value is -0.550. The van der Waals surface area contributed by atoms with Crippen LogP contribution >= 0.6 is 23.2 Å². The second-order valence-electron chi connectivity index (χ2n) is 4.33. The average molecular weight is 263 g/mol. The predicted octanol–water partition coefficient (Wildman–Crippen LogP) is 1.15. The molecule has 0 aromatic carbocycles. The molecular weight excluding hydrogens is 251 g/mol. The Morgan fingerprint density at radius 3 is 2.69 bits per heavy atom. The van der Waals surface area contributed by atoms with Gasteiger partial charge in [0.1, 0.15) is 11.4 Å². The number of allylic oxidation sites excluding steroid dienone is 2. The fourth-order valence-corrected chi connectivity index (χ4v) is 2.53.